The number of hydrogen-bond acceptors (Lipinski definition) is 4. The highest BCUT2D eigenvalue weighted by molar-refractivity contribution is 5.72. The van der Waals surface area contributed by atoms with Gasteiger partial charge in [-0.25, -0.2) is 4.79 Å². The summed E-state index contributed by atoms with van der Waals surface area (Å²) in [5.74, 6) is -1.06. The van der Waals surface area contributed by atoms with Crippen LogP contribution >= 0.6 is 0 Å². The molecule has 110 valence electrons. The van der Waals surface area contributed by atoms with E-state index in [-0.39, 0.29) is 12.2 Å². The number of carboxylic acids is 1. The summed E-state index contributed by atoms with van der Waals surface area (Å²) >= 11 is 0. The first kappa shape index (κ1) is 14.9. The van der Waals surface area contributed by atoms with Crippen molar-refractivity contribution in [3.63, 3.8) is 0 Å². The Morgan fingerprint density at radius 3 is 2.43 bits per heavy atom. The molecule has 21 heavy (non-hydrogen) atoms. The minimum Gasteiger partial charge on any atom is -0.504 e. The van der Waals surface area contributed by atoms with E-state index in [0.717, 1.165) is 5.56 Å². The standard InChI is InChI=1S/C16H16O5/c17-13-8-12(9-14(18)16(19)20)6-7-15(13)21-10-11-4-2-1-3-5-11/h1-8,14,17-18H,9-10H2,(H,19,20). The smallest absolute Gasteiger partial charge is 0.332 e. The molecule has 1 atom stereocenters. The minimum atomic E-state index is -1.49. The van der Waals surface area contributed by atoms with Gasteiger partial charge in [0.2, 0.25) is 0 Å². The molecule has 0 saturated heterocycles. The molecule has 0 radical (unpaired) electrons. The minimum absolute atomic E-state index is 0.0676. The lowest BCUT2D eigenvalue weighted by atomic mass is 10.1. The molecule has 3 N–H and O–H groups in total. The van der Waals surface area contributed by atoms with Crippen LogP contribution in [0.4, 0.5) is 0 Å². The number of benzene rings is 2. The van der Waals surface area contributed by atoms with Crippen LogP contribution in [-0.2, 0) is 17.8 Å². The monoisotopic (exact) mass is 288 g/mol. The van der Waals surface area contributed by atoms with Crippen LogP contribution in [0.15, 0.2) is 48.5 Å². The number of aliphatic hydroxyl groups is 1. The molecule has 5 nitrogen and oxygen atoms in total. The average molecular weight is 288 g/mol. The predicted octanol–water partition coefficient (Wildman–Crippen LogP) is 1.96. The molecule has 0 spiro atoms. The van der Waals surface area contributed by atoms with Gasteiger partial charge in [0.1, 0.15) is 6.61 Å². The Hall–Kier alpha value is -2.53. The summed E-state index contributed by atoms with van der Waals surface area (Å²) < 4.78 is 5.50. The molecule has 2 aromatic rings. The zero-order valence-electron chi connectivity index (χ0n) is 11.3. The Morgan fingerprint density at radius 2 is 1.81 bits per heavy atom. The van der Waals surface area contributed by atoms with E-state index in [9.17, 15) is 15.0 Å². The highest BCUT2D eigenvalue weighted by Gasteiger charge is 2.14. The summed E-state index contributed by atoms with van der Waals surface area (Å²) in [5, 5.41) is 27.8. The molecule has 1 unspecified atom stereocenters. The first-order valence-electron chi connectivity index (χ1n) is 6.46. The van der Waals surface area contributed by atoms with Crippen molar-refractivity contribution in [2.24, 2.45) is 0 Å². The van der Waals surface area contributed by atoms with Crippen LogP contribution in [0.25, 0.3) is 0 Å². The first-order valence-corrected chi connectivity index (χ1v) is 6.46. The number of carboxylic acid groups (broad SMARTS) is 1. The Morgan fingerprint density at radius 1 is 1.10 bits per heavy atom. The van der Waals surface area contributed by atoms with Gasteiger partial charge in [-0.3, -0.25) is 0 Å². The van der Waals surface area contributed by atoms with Gasteiger partial charge < -0.3 is 20.1 Å². The molecule has 0 aliphatic carbocycles. The highest BCUT2D eigenvalue weighted by atomic mass is 16.5. The maximum absolute atomic E-state index is 10.6. The second-order valence-corrected chi connectivity index (χ2v) is 4.63. The summed E-state index contributed by atoms with van der Waals surface area (Å²) in [4.78, 5) is 10.6. The number of aromatic hydroxyl groups is 1. The fraction of sp³-hybridized carbons (Fsp3) is 0.188. The number of aliphatic carboxylic acids is 1. The average Bonchev–Trinajstić information content (AvgIpc) is 2.47. The van der Waals surface area contributed by atoms with Gasteiger partial charge in [0.05, 0.1) is 0 Å². The summed E-state index contributed by atoms with van der Waals surface area (Å²) in [7, 11) is 0. The molecule has 2 aromatic carbocycles. The van der Waals surface area contributed by atoms with Crippen LogP contribution in [0.3, 0.4) is 0 Å². The van der Waals surface area contributed by atoms with Crippen molar-refractivity contribution in [3.05, 3.63) is 59.7 Å². The Kier molecular flexibility index (Phi) is 4.79. The van der Waals surface area contributed by atoms with E-state index in [1.54, 1.807) is 12.1 Å². The molecule has 0 fully saturated rings. The number of phenolic OH excluding ortho intramolecular Hbond substituents is 1. The Bertz CT molecular complexity index is 609. The van der Waals surface area contributed by atoms with Gasteiger partial charge in [-0.1, -0.05) is 36.4 Å². The van der Waals surface area contributed by atoms with Crippen LogP contribution in [0.5, 0.6) is 11.5 Å². The van der Waals surface area contributed by atoms with Crippen molar-refractivity contribution >= 4 is 5.97 Å². The van der Waals surface area contributed by atoms with Crippen molar-refractivity contribution in [1.82, 2.24) is 0 Å². The van der Waals surface area contributed by atoms with Gasteiger partial charge in [0.15, 0.2) is 17.6 Å². The third-order valence-electron chi connectivity index (χ3n) is 2.97. The van der Waals surface area contributed by atoms with Crippen molar-refractivity contribution in [1.29, 1.82) is 0 Å². The molecule has 0 bridgehead atoms. The maximum Gasteiger partial charge on any atom is 0.332 e. The zero-order chi connectivity index (χ0) is 15.2. The number of phenols is 1. The van der Waals surface area contributed by atoms with Crippen molar-refractivity contribution < 1.29 is 24.9 Å². The number of rotatable bonds is 6. The summed E-state index contributed by atoms with van der Waals surface area (Å²) in [6.45, 7) is 0.325. The lowest BCUT2D eigenvalue weighted by Crippen LogP contribution is -2.21. The SMILES string of the molecule is O=C(O)C(O)Cc1ccc(OCc2ccccc2)c(O)c1. The third-order valence-corrected chi connectivity index (χ3v) is 2.97. The molecule has 0 aromatic heterocycles. The van der Waals surface area contributed by atoms with E-state index in [1.807, 2.05) is 30.3 Å². The van der Waals surface area contributed by atoms with E-state index in [0.29, 0.717) is 17.9 Å². The van der Waals surface area contributed by atoms with Crippen LogP contribution < -0.4 is 4.74 Å². The summed E-state index contributed by atoms with van der Waals surface area (Å²) in [5.41, 5.74) is 1.50. The van der Waals surface area contributed by atoms with Gasteiger partial charge in [-0.2, -0.15) is 0 Å². The van der Waals surface area contributed by atoms with E-state index < -0.39 is 12.1 Å². The number of hydrogen-bond donors (Lipinski definition) is 3. The van der Waals surface area contributed by atoms with Crippen LogP contribution in [0.2, 0.25) is 0 Å². The van der Waals surface area contributed by atoms with E-state index >= 15 is 0 Å². The van der Waals surface area contributed by atoms with Gasteiger partial charge in [-0.05, 0) is 23.3 Å². The van der Waals surface area contributed by atoms with E-state index in [4.69, 9.17) is 9.84 Å². The fourth-order valence-corrected chi connectivity index (χ4v) is 1.86. The third kappa shape index (κ3) is 4.22. The van der Waals surface area contributed by atoms with Crippen molar-refractivity contribution in [2.45, 2.75) is 19.1 Å². The molecule has 0 saturated carbocycles. The lowest BCUT2D eigenvalue weighted by Gasteiger charge is -2.10. The largest absolute Gasteiger partial charge is 0.504 e. The Balaban J connectivity index is 2.00. The first-order chi connectivity index (χ1) is 10.1. The van der Waals surface area contributed by atoms with Gasteiger partial charge in [0.25, 0.3) is 0 Å². The molecule has 0 aliphatic heterocycles. The second-order valence-electron chi connectivity index (χ2n) is 4.63. The predicted molar refractivity (Wildman–Crippen MR) is 76.2 cm³/mol. The van der Waals surface area contributed by atoms with Gasteiger partial charge >= 0.3 is 5.97 Å². The topological polar surface area (TPSA) is 87.0 Å². The molecule has 2 rings (SSSR count). The molecular formula is C16H16O5. The maximum atomic E-state index is 10.6. The quantitative estimate of drug-likeness (QED) is 0.756. The normalized spacial score (nSPS) is 11.9. The van der Waals surface area contributed by atoms with E-state index in [2.05, 4.69) is 0 Å². The van der Waals surface area contributed by atoms with E-state index in [1.165, 1.54) is 6.07 Å². The van der Waals surface area contributed by atoms with Crippen LogP contribution in [0, 0.1) is 0 Å². The highest BCUT2D eigenvalue weighted by Crippen LogP contribution is 2.28. The van der Waals surface area contributed by atoms with Crippen LogP contribution in [-0.4, -0.2) is 27.4 Å². The summed E-state index contributed by atoms with van der Waals surface area (Å²) in [6, 6.07) is 14.1. The molecule has 5 heteroatoms. The molecule has 0 amide bonds. The lowest BCUT2D eigenvalue weighted by molar-refractivity contribution is -0.146. The number of carbonyl (C=O) groups is 1. The second kappa shape index (κ2) is 6.76. The van der Waals surface area contributed by atoms with Gasteiger partial charge in [-0.15, -0.1) is 0 Å². The molecule has 0 heterocycles. The van der Waals surface area contributed by atoms with Crippen molar-refractivity contribution in [2.75, 3.05) is 0 Å². The molecular weight excluding hydrogens is 272 g/mol. The van der Waals surface area contributed by atoms with Crippen LogP contribution in [0.1, 0.15) is 11.1 Å². The number of aliphatic hydroxyl groups excluding tert-OH is 1. The Labute approximate surface area is 122 Å². The summed E-state index contributed by atoms with van der Waals surface area (Å²) in [6.07, 6.45) is -1.55. The fourth-order valence-electron chi connectivity index (χ4n) is 1.86. The van der Waals surface area contributed by atoms with Crippen molar-refractivity contribution in [3.8, 4) is 11.5 Å². The zero-order valence-corrected chi connectivity index (χ0v) is 11.3. The van der Waals surface area contributed by atoms with Gasteiger partial charge in [0, 0.05) is 6.42 Å². The number of ether oxygens (including phenoxy) is 1. The molecule has 0 aliphatic rings.